The van der Waals surface area contributed by atoms with Crippen LogP contribution in [0.4, 0.5) is 4.39 Å². The molecule has 1 fully saturated rings. The molecule has 0 radical (unpaired) electrons. The lowest BCUT2D eigenvalue weighted by Crippen LogP contribution is -2.48. The summed E-state index contributed by atoms with van der Waals surface area (Å²) in [6.45, 7) is 7.46. The van der Waals surface area contributed by atoms with Gasteiger partial charge in [0, 0.05) is 11.6 Å². The summed E-state index contributed by atoms with van der Waals surface area (Å²) >= 11 is 0. The van der Waals surface area contributed by atoms with Crippen LogP contribution in [0, 0.1) is 23.6 Å². The highest BCUT2D eigenvalue weighted by Crippen LogP contribution is 2.29. The van der Waals surface area contributed by atoms with Crippen LogP contribution in [0.15, 0.2) is 24.3 Å². The van der Waals surface area contributed by atoms with Crippen molar-refractivity contribution in [3.63, 3.8) is 0 Å². The van der Waals surface area contributed by atoms with Crippen LogP contribution < -0.4 is 10.6 Å². The molecule has 3 unspecified atom stereocenters. The van der Waals surface area contributed by atoms with Crippen LogP contribution in [0.1, 0.15) is 57.3 Å². The van der Waals surface area contributed by atoms with E-state index in [0.29, 0.717) is 11.8 Å². The lowest BCUT2D eigenvalue weighted by Gasteiger charge is -2.34. The zero-order chi connectivity index (χ0) is 21.6. The molecule has 1 aromatic carbocycles. The third-order valence-corrected chi connectivity index (χ3v) is 5.71. The maximum Gasteiger partial charge on any atom is 0.329 e. The largest absolute Gasteiger partial charge is 0.454 e. The zero-order valence-corrected chi connectivity index (χ0v) is 17.5. The third kappa shape index (κ3) is 6.54. The van der Waals surface area contributed by atoms with Crippen LogP contribution >= 0.6 is 0 Å². The summed E-state index contributed by atoms with van der Waals surface area (Å²) in [7, 11) is 0. The summed E-state index contributed by atoms with van der Waals surface area (Å²) in [4.78, 5) is 37.0. The number of hydrogen-bond acceptors (Lipinski definition) is 4. The molecule has 0 saturated heterocycles. The van der Waals surface area contributed by atoms with Crippen molar-refractivity contribution in [1.29, 1.82) is 0 Å². The van der Waals surface area contributed by atoms with Crippen molar-refractivity contribution in [2.75, 3.05) is 6.61 Å². The number of carbonyl (C=O) groups excluding carboxylic acids is 3. The predicted octanol–water partition coefficient (Wildman–Crippen LogP) is 3.06. The number of ether oxygens (including phenoxy) is 1. The molecule has 1 aromatic rings. The molecule has 2 amide bonds. The quantitative estimate of drug-likeness (QED) is 0.682. The maximum absolute atomic E-state index is 13.0. The molecule has 0 heterocycles. The van der Waals surface area contributed by atoms with E-state index in [0.717, 1.165) is 19.3 Å². The Hall–Kier alpha value is -2.44. The monoisotopic (exact) mass is 406 g/mol. The number of amides is 2. The summed E-state index contributed by atoms with van der Waals surface area (Å²) in [5.74, 6) is -1.28. The van der Waals surface area contributed by atoms with Gasteiger partial charge in [-0.2, -0.15) is 0 Å². The van der Waals surface area contributed by atoms with Crippen molar-refractivity contribution < 1.29 is 23.5 Å². The fourth-order valence-electron chi connectivity index (χ4n) is 3.58. The van der Waals surface area contributed by atoms with Crippen molar-refractivity contribution >= 4 is 17.8 Å². The molecular formula is C22H31FN2O4. The van der Waals surface area contributed by atoms with Crippen LogP contribution in [0.5, 0.6) is 0 Å². The molecule has 2 rings (SSSR count). The van der Waals surface area contributed by atoms with Crippen LogP contribution in [0.2, 0.25) is 0 Å². The van der Waals surface area contributed by atoms with E-state index in [1.54, 1.807) is 13.8 Å². The Bertz CT molecular complexity index is 720. The normalized spacial score (nSPS) is 22.6. The molecule has 1 aliphatic carbocycles. The molecule has 160 valence electrons. The fourth-order valence-corrected chi connectivity index (χ4v) is 3.58. The topological polar surface area (TPSA) is 84.5 Å². The van der Waals surface area contributed by atoms with Gasteiger partial charge in [0.2, 0.25) is 0 Å². The molecule has 7 heteroatoms. The number of hydrogen-bond donors (Lipinski definition) is 2. The van der Waals surface area contributed by atoms with Crippen LogP contribution in [-0.4, -0.2) is 36.5 Å². The minimum absolute atomic E-state index is 0.0871. The Morgan fingerprint density at radius 3 is 2.41 bits per heavy atom. The first kappa shape index (κ1) is 22.8. The van der Waals surface area contributed by atoms with E-state index in [4.69, 9.17) is 4.74 Å². The molecular weight excluding hydrogens is 375 g/mol. The second kappa shape index (κ2) is 10.4. The van der Waals surface area contributed by atoms with E-state index >= 15 is 0 Å². The highest BCUT2D eigenvalue weighted by atomic mass is 19.1. The van der Waals surface area contributed by atoms with E-state index in [-0.39, 0.29) is 30.0 Å². The van der Waals surface area contributed by atoms with Crippen LogP contribution in [0.25, 0.3) is 0 Å². The average Bonchev–Trinajstić information content (AvgIpc) is 2.68. The highest BCUT2D eigenvalue weighted by Gasteiger charge is 2.30. The number of carbonyl (C=O) groups is 3. The van der Waals surface area contributed by atoms with E-state index < -0.39 is 23.7 Å². The second-order valence-corrected chi connectivity index (χ2v) is 8.25. The summed E-state index contributed by atoms with van der Waals surface area (Å²) in [6, 6.07) is 4.21. The van der Waals surface area contributed by atoms with Gasteiger partial charge < -0.3 is 15.4 Å². The summed E-state index contributed by atoms with van der Waals surface area (Å²) in [5.41, 5.74) is 0.239. The van der Waals surface area contributed by atoms with Gasteiger partial charge in [0.15, 0.2) is 6.61 Å². The maximum atomic E-state index is 13.0. The van der Waals surface area contributed by atoms with E-state index in [9.17, 15) is 18.8 Å². The molecule has 1 aliphatic rings. The fraction of sp³-hybridized carbons (Fsp3) is 0.591. The van der Waals surface area contributed by atoms with Gasteiger partial charge in [0.05, 0.1) is 0 Å². The summed E-state index contributed by atoms with van der Waals surface area (Å²) < 4.78 is 18.2. The van der Waals surface area contributed by atoms with Crippen molar-refractivity contribution in [1.82, 2.24) is 10.6 Å². The van der Waals surface area contributed by atoms with Gasteiger partial charge in [0.25, 0.3) is 11.8 Å². The minimum Gasteiger partial charge on any atom is -0.454 e. The van der Waals surface area contributed by atoms with Gasteiger partial charge in [0.1, 0.15) is 11.9 Å². The molecule has 0 aliphatic heterocycles. The summed E-state index contributed by atoms with van der Waals surface area (Å²) in [5, 5.41) is 5.56. The molecule has 2 N–H and O–H groups in total. The molecule has 29 heavy (non-hydrogen) atoms. The van der Waals surface area contributed by atoms with Crippen molar-refractivity contribution in [2.45, 2.75) is 59.0 Å². The lowest BCUT2D eigenvalue weighted by molar-refractivity contribution is -0.151. The highest BCUT2D eigenvalue weighted by molar-refractivity contribution is 5.97. The predicted molar refractivity (Wildman–Crippen MR) is 108 cm³/mol. The molecule has 0 spiro atoms. The van der Waals surface area contributed by atoms with E-state index in [1.807, 2.05) is 0 Å². The lowest BCUT2D eigenvalue weighted by atomic mass is 9.78. The average molecular weight is 406 g/mol. The zero-order valence-electron chi connectivity index (χ0n) is 17.5. The van der Waals surface area contributed by atoms with E-state index in [2.05, 4.69) is 24.5 Å². The minimum atomic E-state index is -0.908. The summed E-state index contributed by atoms with van der Waals surface area (Å²) in [6.07, 6.45) is 3.15. The Kier molecular flexibility index (Phi) is 8.17. The van der Waals surface area contributed by atoms with Gasteiger partial charge in [-0.05, 0) is 48.4 Å². The Morgan fingerprint density at radius 1 is 1.14 bits per heavy atom. The van der Waals surface area contributed by atoms with Gasteiger partial charge in [-0.1, -0.05) is 40.5 Å². The van der Waals surface area contributed by atoms with Gasteiger partial charge in [-0.3, -0.25) is 9.59 Å². The SMILES string of the molecule is CC1CCCC(NC(=O)COC(=O)[C@H](NC(=O)c2ccc(F)cc2)C(C)C)C1C. The Balaban J connectivity index is 1.87. The molecule has 6 nitrogen and oxygen atoms in total. The smallest absolute Gasteiger partial charge is 0.329 e. The third-order valence-electron chi connectivity index (χ3n) is 5.71. The van der Waals surface area contributed by atoms with Crippen molar-refractivity contribution in [3.05, 3.63) is 35.6 Å². The number of nitrogens with one attached hydrogen (secondary N) is 2. The molecule has 4 atom stereocenters. The first-order chi connectivity index (χ1) is 13.7. The van der Waals surface area contributed by atoms with Gasteiger partial charge in [-0.25, -0.2) is 9.18 Å². The van der Waals surface area contributed by atoms with Crippen LogP contribution in [-0.2, 0) is 14.3 Å². The van der Waals surface area contributed by atoms with E-state index in [1.165, 1.54) is 24.3 Å². The number of halogens is 1. The van der Waals surface area contributed by atoms with Gasteiger partial charge >= 0.3 is 5.97 Å². The first-order valence-electron chi connectivity index (χ1n) is 10.2. The molecule has 0 aromatic heterocycles. The number of rotatable bonds is 7. The second-order valence-electron chi connectivity index (χ2n) is 8.25. The molecule has 1 saturated carbocycles. The van der Waals surface area contributed by atoms with Gasteiger partial charge in [-0.15, -0.1) is 0 Å². The number of esters is 1. The van der Waals surface area contributed by atoms with Crippen LogP contribution in [0.3, 0.4) is 0 Å². The Labute approximate surface area is 171 Å². The molecule has 0 bridgehead atoms. The number of benzene rings is 1. The van der Waals surface area contributed by atoms with Crippen molar-refractivity contribution in [2.24, 2.45) is 17.8 Å². The Morgan fingerprint density at radius 2 is 1.79 bits per heavy atom. The van der Waals surface area contributed by atoms with Crippen molar-refractivity contribution in [3.8, 4) is 0 Å². The standard InChI is InChI=1S/C22H31FN2O4/c1-13(2)20(25-21(27)16-8-10-17(23)11-9-16)22(28)29-12-19(26)24-18-7-5-6-14(3)15(18)4/h8-11,13-15,18,20H,5-7,12H2,1-4H3,(H,24,26)(H,25,27)/t14?,15?,18?,20-/m1/s1. The first-order valence-corrected chi connectivity index (χ1v) is 10.2.